The third-order valence-electron chi connectivity index (χ3n) is 1.64. The zero-order valence-corrected chi connectivity index (χ0v) is 9.09. The first-order valence-corrected chi connectivity index (χ1v) is 5.31. The number of allylic oxidation sites excluding steroid dienone is 1. The van der Waals surface area contributed by atoms with E-state index in [2.05, 4.69) is 15.9 Å². The minimum Gasteiger partial charge on any atom is -0.207 e. The van der Waals surface area contributed by atoms with Crippen LogP contribution in [0.3, 0.4) is 0 Å². The normalized spacial score (nSPS) is 10.4. The number of nitriles is 1. The SMILES string of the molecule is N#Cc1cc(F)cc(C=CCCBr)c1. The van der Waals surface area contributed by atoms with Crippen LogP contribution in [0.15, 0.2) is 24.3 Å². The molecule has 1 aromatic carbocycles. The van der Waals surface area contributed by atoms with E-state index in [0.29, 0.717) is 5.56 Å². The molecular formula is C11H9BrFN. The van der Waals surface area contributed by atoms with Crippen molar-refractivity contribution in [1.29, 1.82) is 5.26 Å². The maximum atomic E-state index is 12.9. The second-order valence-electron chi connectivity index (χ2n) is 2.77. The molecule has 0 spiro atoms. The summed E-state index contributed by atoms with van der Waals surface area (Å²) in [5, 5.41) is 9.49. The monoisotopic (exact) mass is 253 g/mol. The maximum Gasteiger partial charge on any atom is 0.125 e. The number of alkyl halides is 1. The van der Waals surface area contributed by atoms with Crippen molar-refractivity contribution in [2.45, 2.75) is 6.42 Å². The Balaban J connectivity index is 2.88. The fourth-order valence-electron chi connectivity index (χ4n) is 1.06. The van der Waals surface area contributed by atoms with Crippen LogP contribution in [0, 0.1) is 17.1 Å². The van der Waals surface area contributed by atoms with Gasteiger partial charge in [0.25, 0.3) is 0 Å². The summed E-state index contributed by atoms with van der Waals surface area (Å²) in [5.41, 5.74) is 1.07. The van der Waals surface area contributed by atoms with E-state index in [0.717, 1.165) is 17.3 Å². The van der Waals surface area contributed by atoms with Crippen LogP contribution in [0.25, 0.3) is 6.08 Å². The van der Waals surface area contributed by atoms with Gasteiger partial charge in [-0.05, 0) is 30.2 Å². The van der Waals surface area contributed by atoms with E-state index in [1.807, 2.05) is 18.2 Å². The average molecular weight is 254 g/mol. The summed E-state index contributed by atoms with van der Waals surface area (Å²) in [4.78, 5) is 0. The third-order valence-corrected chi connectivity index (χ3v) is 2.09. The molecule has 0 atom stereocenters. The molecule has 0 heterocycles. The van der Waals surface area contributed by atoms with Crippen LogP contribution in [-0.2, 0) is 0 Å². The molecule has 1 rings (SSSR count). The Morgan fingerprint density at radius 2 is 2.21 bits per heavy atom. The Labute approximate surface area is 91.0 Å². The fraction of sp³-hybridized carbons (Fsp3) is 0.182. The molecule has 3 heteroatoms. The van der Waals surface area contributed by atoms with E-state index in [1.54, 1.807) is 6.07 Å². The van der Waals surface area contributed by atoms with Gasteiger partial charge < -0.3 is 0 Å². The predicted octanol–water partition coefficient (Wildman–Crippen LogP) is 3.50. The first-order valence-electron chi connectivity index (χ1n) is 4.19. The van der Waals surface area contributed by atoms with Gasteiger partial charge in [-0.2, -0.15) is 5.26 Å². The summed E-state index contributed by atoms with van der Waals surface area (Å²) in [6.45, 7) is 0. The molecule has 1 nitrogen and oxygen atoms in total. The highest BCUT2D eigenvalue weighted by molar-refractivity contribution is 9.09. The molecule has 72 valence electrons. The van der Waals surface area contributed by atoms with E-state index in [-0.39, 0.29) is 5.82 Å². The Kier molecular flexibility index (Phi) is 4.34. The summed E-state index contributed by atoms with van der Waals surface area (Å²) in [6, 6.07) is 6.21. The van der Waals surface area contributed by atoms with Gasteiger partial charge in [-0.15, -0.1) is 0 Å². The summed E-state index contributed by atoms with van der Waals surface area (Å²) < 4.78 is 12.9. The molecule has 0 aliphatic carbocycles. The van der Waals surface area contributed by atoms with Gasteiger partial charge in [0.05, 0.1) is 11.6 Å². The smallest absolute Gasteiger partial charge is 0.125 e. The second-order valence-corrected chi connectivity index (χ2v) is 3.56. The molecule has 0 aromatic heterocycles. The van der Waals surface area contributed by atoms with Gasteiger partial charge in [0, 0.05) is 5.33 Å². The quantitative estimate of drug-likeness (QED) is 0.757. The van der Waals surface area contributed by atoms with Crippen LogP contribution in [0.5, 0.6) is 0 Å². The molecule has 0 aliphatic heterocycles. The lowest BCUT2D eigenvalue weighted by Crippen LogP contribution is -1.82. The zero-order valence-electron chi connectivity index (χ0n) is 7.50. The maximum absolute atomic E-state index is 12.9. The summed E-state index contributed by atoms with van der Waals surface area (Å²) in [6.07, 6.45) is 4.63. The molecule has 0 fully saturated rings. The number of benzene rings is 1. The van der Waals surface area contributed by atoms with Gasteiger partial charge in [0.2, 0.25) is 0 Å². The van der Waals surface area contributed by atoms with E-state index >= 15 is 0 Å². The Morgan fingerprint density at radius 1 is 1.43 bits per heavy atom. The van der Waals surface area contributed by atoms with Gasteiger partial charge in [0.15, 0.2) is 0 Å². The summed E-state index contributed by atoms with van der Waals surface area (Å²) in [5.74, 6) is -0.373. The number of hydrogen-bond donors (Lipinski definition) is 0. The number of rotatable bonds is 3. The number of nitrogens with zero attached hydrogens (tertiary/aromatic N) is 1. The molecule has 0 unspecified atom stereocenters. The topological polar surface area (TPSA) is 23.8 Å². The number of hydrogen-bond acceptors (Lipinski definition) is 1. The molecule has 0 saturated heterocycles. The lowest BCUT2D eigenvalue weighted by atomic mass is 10.1. The highest BCUT2D eigenvalue weighted by Gasteiger charge is 1.96. The lowest BCUT2D eigenvalue weighted by Gasteiger charge is -1.95. The van der Waals surface area contributed by atoms with E-state index in [1.165, 1.54) is 12.1 Å². The molecule has 0 N–H and O–H groups in total. The summed E-state index contributed by atoms with van der Waals surface area (Å²) in [7, 11) is 0. The van der Waals surface area contributed by atoms with E-state index in [4.69, 9.17) is 5.26 Å². The summed E-state index contributed by atoms with van der Waals surface area (Å²) >= 11 is 3.29. The zero-order chi connectivity index (χ0) is 10.4. The highest BCUT2D eigenvalue weighted by atomic mass is 79.9. The van der Waals surface area contributed by atoms with Gasteiger partial charge in [-0.3, -0.25) is 0 Å². The highest BCUT2D eigenvalue weighted by Crippen LogP contribution is 2.10. The standard InChI is InChI=1S/C11H9BrFN/c12-4-2-1-3-9-5-10(8-14)7-11(13)6-9/h1,3,5-7H,2,4H2. The molecule has 14 heavy (non-hydrogen) atoms. The van der Waals surface area contributed by atoms with Gasteiger partial charge in [-0.25, -0.2) is 4.39 Å². The molecular weight excluding hydrogens is 245 g/mol. The van der Waals surface area contributed by atoms with Crippen molar-refractivity contribution >= 4 is 22.0 Å². The van der Waals surface area contributed by atoms with Crippen LogP contribution in [0.2, 0.25) is 0 Å². The van der Waals surface area contributed by atoms with Crippen molar-refractivity contribution in [1.82, 2.24) is 0 Å². The Morgan fingerprint density at radius 3 is 2.86 bits per heavy atom. The van der Waals surface area contributed by atoms with Crippen molar-refractivity contribution < 1.29 is 4.39 Å². The Bertz CT molecular complexity index is 379. The molecule has 0 bridgehead atoms. The van der Waals surface area contributed by atoms with Crippen molar-refractivity contribution in [2.75, 3.05) is 5.33 Å². The van der Waals surface area contributed by atoms with Crippen LogP contribution >= 0.6 is 15.9 Å². The number of halogens is 2. The molecule has 0 saturated carbocycles. The minimum atomic E-state index is -0.373. The van der Waals surface area contributed by atoms with Crippen molar-refractivity contribution in [3.8, 4) is 6.07 Å². The molecule has 0 amide bonds. The third kappa shape index (κ3) is 3.31. The molecule has 1 aromatic rings. The van der Waals surface area contributed by atoms with Crippen LogP contribution < -0.4 is 0 Å². The predicted molar refractivity (Wildman–Crippen MR) is 58.6 cm³/mol. The van der Waals surface area contributed by atoms with Gasteiger partial charge in [0.1, 0.15) is 5.82 Å². The van der Waals surface area contributed by atoms with Crippen LogP contribution in [0.1, 0.15) is 17.5 Å². The second kappa shape index (κ2) is 5.56. The van der Waals surface area contributed by atoms with Crippen molar-refractivity contribution in [3.05, 3.63) is 41.2 Å². The molecule has 0 aliphatic rings. The largest absolute Gasteiger partial charge is 0.207 e. The minimum absolute atomic E-state index is 0.350. The van der Waals surface area contributed by atoms with Crippen LogP contribution in [0.4, 0.5) is 4.39 Å². The van der Waals surface area contributed by atoms with Crippen molar-refractivity contribution in [2.24, 2.45) is 0 Å². The van der Waals surface area contributed by atoms with Gasteiger partial charge in [-0.1, -0.05) is 28.1 Å². The lowest BCUT2D eigenvalue weighted by molar-refractivity contribution is 0.627. The molecule has 0 radical (unpaired) electrons. The first kappa shape index (κ1) is 10.9. The fourth-order valence-corrected chi connectivity index (χ4v) is 1.32. The van der Waals surface area contributed by atoms with Crippen molar-refractivity contribution in [3.63, 3.8) is 0 Å². The average Bonchev–Trinajstić information content (AvgIpc) is 2.17. The van der Waals surface area contributed by atoms with Gasteiger partial charge >= 0.3 is 0 Å². The van der Waals surface area contributed by atoms with E-state index in [9.17, 15) is 4.39 Å². The van der Waals surface area contributed by atoms with E-state index < -0.39 is 0 Å². The first-order chi connectivity index (χ1) is 6.76. The Hall–Kier alpha value is -1.14. The van der Waals surface area contributed by atoms with Crippen LogP contribution in [-0.4, -0.2) is 5.33 Å².